The van der Waals surface area contributed by atoms with Crippen LogP contribution in [0.5, 0.6) is 0 Å². The molecule has 1 amide bonds. The van der Waals surface area contributed by atoms with Crippen LogP contribution in [0.15, 0.2) is 12.1 Å². The lowest BCUT2D eigenvalue weighted by Gasteiger charge is -2.17. The molecule has 0 fully saturated rings. The Balaban J connectivity index is 3.20. The summed E-state index contributed by atoms with van der Waals surface area (Å²) in [5.74, 6) is -0.274. The number of carbonyl (C=O) groups is 1. The summed E-state index contributed by atoms with van der Waals surface area (Å²) >= 11 is 6.10. The highest BCUT2D eigenvalue weighted by Crippen LogP contribution is 2.34. The molecule has 0 saturated carbocycles. The number of carbonyl (C=O) groups excluding carboxylic acids is 1. The molecule has 1 aromatic rings. The van der Waals surface area contributed by atoms with Gasteiger partial charge < -0.3 is 10.2 Å². The second-order valence-electron chi connectivity index (χ2n) is 4.76. The fourth-order valence-electron chi connectivity index (χ4n) is 1.94. The maximum atomic E-state index is 12.2. The average Bonchev–Trinajstić information content (AvgIpc) is 2.44. The molecule has 6 nitrogen and oxygen atoms in total. The van der Waals surface area contributed by atoms with Crippen molar-refractivity contribution in [1.29, 1.82) is 0 Å². The predicted molar refractivity (Wildman–Crippen MR) is 84.1 cm³/mol. The molecular weight excluding hydrogens is 294 g/mol. The monoisotopic (exact) mass is 313 g/mol. The molecule has 1 rings (SSSR count). The van der Waals surface area contributed by atoms with Gasteiger partial charge in [0.2, 0.25) is 0 Å². The summed E-state index contributed by atoms with van der Waals surface area (Å²) < 4.78 is 0. The van der Waals surface area contributed by atoms with Crippen molar-refractivity contribution < 1.29 is 9.72 Å². The van der Waals surface area contributed by atoms with Crippen LogP contribution < -0.4 is 5.32 Å². The quantitative estimate of drug-likeness (QED) is 0.617. The van der Waals surface area contributed by atoms with Crippen molar-refractivity contribution >= 4 is 28.9 Å². The van der Waals surface area contributed by atoms with Crippen LogP contribution in [-0.4, -0.2) is 35.9 Å². The Morgan fingerprint density at radius 3 is 2.57 bits per heavy atom. The third-order valence-corrected chi connectivity index (χ3v) is 3.27. The number of nitrogens with one attached hydrogen (secondary N) is 1. The topological polar surface area (TPSA) is 75.5 Å². The highest BCUT2D eigenvalue weighted by molar-refractivity contribution is 6.34. The van der Waals surface area contributed by atoms with Crippen LogP contribution in [0.1, 0.15) is 37.0 Å². The van der Waals surface area contributed by atoms with Crippen molar-refractivity contribution in [2.24, 2.45) is 0 Å². The van der Waals surface area contributed by atoms with E-state index in [1.807, 2.05) is 13.8 Å². The van der Waals surface area contributed by atoms with Gasteiger partial charge in [0, 0.05) is 31.8 Å². The summed E-state index contributed by atoms with van der Waals surface area (Å²) in [5.41, 5.74) is 0.312. The van der Waals surface area contributed by atoms with E-state index in [4.69, 9.17) is 11.6 Å². The molecule has 0 radical (unpaired) electrons. The maximum absolute atomic E-state index is 12.2. The summed E-state index contributed by atoms with van der Waals surface area (Å²) in [6.45, 7) is 5.06. The zero-order chi connectivity index (χ0) is 16.0. The first-order chi connectivity index (χ1) is 9.92. The number of nitro benzene ring substituents is 1. The standard InChI is InChI=1S/C14H20ClN3O3/c1-4-6-16-13-11(15)8-10(9-12(13)18(20)21)14(19)17(3)7-5-2/h8-9,16H,4-7H2,1-3H3. The maximum Gasteiger partial charge on any atom is 0.294 e. The normalized spacial score (nSPS) is 10.3. The molecular formula is C14H20ClN3O3. The average molecular weight is 314 g/mol. The van der Waals surface area contributed by atoms with Crippen LogP contribution in [-0.2, 0) is 0 Å². The molecule has 0 bridgehead atoms. The first-order valence-electron chi connectivity index (χ1n) is 6.89. The van der Waals surface area contributed by atoms with Crippen LogP contribution in [0, 0.1) is 10.1 Å². The van der Waals surface area contributed by atoms with Crippen LogP contribution in [0.25, 0.3) is 0 Å². The van der Waals surface area contributed by atoms with Crippen LogP contribution in [0.3, 0.4) is 0 Å². The molecule has 21 heavy (non-hydrogen) atoms. The van der Waals surface area contributed by atoms with Crippen molar-refractivity contribution in [2.75, 3.05) is 25.5 Å². The second kappa shape index (κ2) is 7.83. The fourth-order valence-corrected chi connectivity index (χ4v) is 2.22. The number of anilines is 1. The summed E-state index contributed by atoms with van der Waals surface area (Å²) in [6.07, 6.45) is 1.63. The number of hydrogen-bond acceptors (Lipinski definition) is 4. The Labute approximate surface area is 129 Å². The summed E-state index contributed by atoms with van der Waals surface area (Å²) in [7, 11) is 1.66. The molecule has 116 valence electrons. The molecule has 0 aromatic heterocycles. The SMILES string of the molecule is CCCNc1c(Cl)cc(C(=O)N(C)CCC)cc1[N+](=O)[O-]. The predicted octanol–water partition coefficient (Wildman–Crippen LogP) is 3.55. The van der Waals surface area contributed by atoms with E-state index < -0.39 is 4.92 Å². The van der Waals surface area contributed by atoms with Gasteiger partial charge in [-0.1, -0.05) is 25.4 Å². The summed E-state index contributed by atoms with van der Waals surface area (Å²) in [6, 6.07) is 2.75. The van der Waals surface area contributed by atoms with Gasteiger partial charge in [-0.25, -0.2) is 0 Å². The van der Waals surface area contributed by atoms with Crippen molar-refractivity contribution in [3.63, 3.8) is 0 Å². The van der Waals surface area contributed by atoms with Gasteiger partial charge in [-0.15, -0.1) is 0 Å². The molecule has 0 aliphatic rings. The van der Waals surface area contributed by atoms with Gasteiger partial charge in [0.1, 0.15) is 5.69 Å². The van der Waals surface area contributed by atoms with E-state index in [0.717, 1.165) is 12.8 Å². The second-order valence-corrected chi connectivity index (χ2v) is 5.17. The molecule has 0 unspecified atom stereocenters. The minimum absolute atomic E-state index is 0.177. The van der Waals surface area contributed by atoms with E-state index in [2.05, 4.69) is 5.32 Å². The molecule has 0 atom stereocenters. The Kier molecular flexibility index (Phi) is 6.42. The smallest absolute Gasteiger partial charge is 0.294 e. The van der Waals surface area contributed by atoms with E-state index >= 15 is 0 Å². The van der Waals surface area contributed by atoms with Gasteiger partial charge in [-0.2, -0.15) is 0 Å². The van der Waals surface area contributed by atoms with Gasteiger partial charge in [-0.3, -0.25) is 14.9 Å². The van der Waals surface area contributed by atoms with E-state index in [-0.39, 0.29) is 27.9 Å². The Morgan fingerprint density at radius 1 is 1.38 bits per heavy atom. The molecule has 0 aliphatic carbocycles. The minimum Gasteiger partial charge on any atom is -0.378 e. The number of halogens is 1. The zero-order valence-electron chi connectivity index (χ0n) is 12.5. The van der Waals surface area contributed by atoms with Crippen LogP contribution in [0.4, 0.5) is 11.4 Å². The van der Waals surface area contributed by atoms with E-state index in [1.165, 1.54) is 17.0 Å². The first kappa shape index (κ1) is 17.2. The molecule has 0 heterocycles. The zero-order valence-corrected chi connectivity index (χ0v) is 13.2. The largest absolute Gasteiger partial charge is 0.378 e. The molecule has 1 aromatic carbocycles. The lowest BCUT2D eigenvalue weighted by molar-refractivity contribution is -0.384. The Hall–Kier alpha value is -1.82. The molecule has 0 aliphatic heterocycles. The van der Waals surface area contributed by atoms with Gasteiger partial charge in [0.15, 0.2) is 0 Å². The van der Waals surface area contributed by atoms with Crippen molar-refractivity contribution in [2.45, 2.75) is 26.7 Å². The minimum atomic E-state index is -0.527. The number of amides is 1. The number of benzene rings is 1. The Morgan fingerprint density at radius 2 is 2.05 bits per heavy atom. The van der Waals surface area contributed by atoms with Crippen molar-refractivity contribution in [3.8, 4) is 0 Å². The molecule has 1 N–H and O–H groups in total. The third kappa shape index (κ3) is 4.32. The third-order valence-electron chi connectivity index (χ3n) is 2.97. The highest BCUT2D eigenvalue weighted by Gasteiger charge is 2.22. The van der Waals surface area contributed by atoms with Crippen molar-refractivity contribution in [3.05, 3.63) is 32.8 Å². The fraction of sp³-hybridized carbons (Fsp3) is 0.500. The van der Waals surface area contributed by atoms with Crippen molar-refractivity contribution in [1.82, 2.24) is 4.90 Å². The molecule has 7 heteroatoms. The lowest BCUT2D eigenvalue weighted by atomic mass is 10.1. The lowest BCUT2D eigenvalue weighted by Crippen LogP contribution is -2.27. The van der Waals surface area contributed by atoms with E-state index in [9.17, 15) is 14.9 Å². The molecule has 0 saturated heterocycles. The number of nitro groups is 1. The Bertz CT molecular complexity index is 534. The van der Waals surface area contributed by atoms with Gasteiger partial charge in [0.05, 0.1) is 9.95 Å². The van der Waals surface area contributed by atoms with Gasteiger partial charge >= 0.3 is 0 Å². The highest BCUT2D eigenvalue weighted by atomic mass is 35.5. The first-order valence-corrected chi connectivity index (χ1v) is 7.27. The number of nitrogens with zero attached hydrogens (tertiary/aromatic N) is 2. The number of hydrogen-bond donors (Lipinski definition) is 1. The number of rotatable bonds is 7. The van der Waals surface area contributed by atoms with Gasteiger partial charge in [-0.05, 0) is 18.9 Å². The van der Waals surface area contributed by atoms with E-state index in [1.54, 1.807) is 7.05 Å². The van der Waals surface area contributed by atoms with Crippen LogP contribution in [0.2, 0.25) is 5.02 Å². The van der Waals surface area contributed by atoms with Gasteiger partial charge in [0.25, 0.3) is 11.6 Å². The summed E-state index contributed by atoms with van der Waals surface area (Å²) in [4.78, 5) is 24.4. The summed E-state index contributed by atoms with van der Waals surface area (Å²) in [5, 5.41) is 14.3. The molecule has 0 spiro atoms. The van der Waals surface area contributed by atoms with E-state index in [0.29, 0.717) is 13.1 Å². The van der Waals surface area contributed by atoms with Crippen LogP contribution >= 0.6 is 11.6 Å².